The second kappa shape index (κ2) is 7.34. The minimum Gasteiger partial charge on any atom is -0.490 e. The third-order valence-electron chi connectivity index (χ3n) is 3.40. The molecule has 0 aliphatic carbocycles. The number of hydrogen-bond donors (Lipinski definition) is 1. The Labute approximate surface area is 130 Å². The Morgan fingerprint density at radius 3 is 2.43 bits per heavy atom. The molecule has 0 saturated carbocycles. The normalized spacial score (nSPS) is 10.5. The van der Waals surface area contributed by atoms with Gasteiger partial charge in [-0.1, -0.05) is 23.7 Å². The maximum absolute atomic E-state index is 5.93. The molecule has 0 spiro atoms. The molecule has 2 N–H and O–H groups in total. The van der Waals surface area contributed by atoms with Crippen LogP contribution in [0.2, 0.25) is 5.02 Å². The molecule has 0 heterocycles. The van der Waals surface area contributed by atoms with Gasteiger partial charge >= 0.3 is 0 Å². The highest BCUT2D eigenvalue weighted by Gasteiger charge is 2.04. The number of rotatable bonds is 6. The van der Waals surface area contributed by atoms with Gasteiger partial charge in [0.05, 0.1) is 0 Å². The number of benzene rings is 2. The fraction of sp³-hybridized carbons (Fsp3) is 0.294. The quantitative estimate of drug-likeness (QED) is 0.824. The average molecular weight is 306 g/mol. The van der Waals surface area contributed by atoms with E-state index in [0.29, 0.717) is 24.8 Å². The van der Waals surface area contributed by atoms with Crippen LogP contribution in [0.25, 0.3) is 0 Å². The van der Waals surface area contributed by atoms with Crippen LogP contribution in [0.4, 0.5) is 0 Å². The summed E-state index contributed by atoms with van der Waals surface area (Å²) in [6.07, 6.45) is 0. The summed E-state index contributed by atoms with van der Waals surface area (Å²) in [6.45, 7) is 5.46. The molecule has 112 valence electrons. The SMILES string of the molecule is Cc1cccc(OCCOc2ccc(Cl)cc2CN)c1C. The molecule has 0 atom stereocenters. The van der Waals surface area contributed by atoms with Gasteiger partial charge in [-0.05, 0) is 49.2 Å². The van der Waals surface area contributed by atoms with Crippen molar-refractivity contribution in [1.29, 1.82) is 0 Å². The molecule has 2 rings (SSSR count). The van der Waals surface area contributed by atoms with Crippen LogP contribution in [0.3, 0.4) is 0 Å². The van der Waals surface area contributed by atoms with Crippen molar-refractivity contribution in [3.8, 4) is 11.5 Å². The standard InChI is InChI=1S/C17H20ClNO2/c1-12-4-3-5-16(13(12)2)20-8-9-21-17-7-6-15(18)10-14(17)11-19/h3-7,10H,8-9,11,19H2,1-2H3. The van der Waals surface area contributed by atoms with Gasteiger partial charge in [-0.15, -0.1) is 0 Å². The predicted molar refractivity (Wildman–Crippen MR) is 86.2 cm³/mol. The van der Waals surface area contributed by atoms with E-state index in [4.69, 9.17) is 26.8 Å². The zero-order chi connectivity index (χ0) is 15.2. The van der Waals surface area contributed by atoms with E-state index in [2.05, 4.69) is 19.9 Å². The molecule has 0 aliphatic rings. The Morgan fingerprint density at radius 1 is 1.00 bits per heavy atom. The van der Waals surface area contributed by atoms with Crippen LogP contribution in [0.15, 0.2) is 36.4 Å². The van der Waals surface area contributed by atoms with Crippen molar-refractivity contribution in [2.75, 3.05) is 13.2 Å². The zero-order valence-corrected chi connectivity index (χ0v) is 13.1. The number of halogens is 1. The van der Waals surface area contributed by atoms with Gasteiger partial charge in [0.15, 0.2) is 0 Å². The summed E-state index contributed by atoms with van der Waals surface area (Å²) >= 11 is 5.93. The van der Waals surface area contributed by atoms with Gasteiger partial charge in [-0.25, -0.2) is 0 Å². The van der Waals surface area contributed by atoms with E-state index in [1.807, 2.05) is 24.3 Å². The summed E-state index contributed by atoms with van der Waals surface area (Å²) in [5.74, 6) is 1.65. The van der Waals surface area contributed by atoms with Crippen molar-refractivity contribution in [1.82, 2.24) is 0 Å². The van der Waals surface area contributed by atoms with Crippen molar-refractivity contribution in [3.05, 3.63) is 58.1 Å². The largest absolute Gasteiger partial charge is 0.490 e. The van der Waals surface area contributed by atoms with E-state index in [1.165, 1.54) is 5.56 Å². The fourth-order valence-corrected chi connectivity index (χ4v) is 2.23. The maximum atomic E-state index is 5.93. The molecule has 3 nitrogen and oxygen atoms in total. The Balaban J connectivity index is 1.89. The highest BCUT2D eigenvalue weighted by atomic mass is 35.5. The number of aryl methyl sites for hydroxylation is 1. The zero-order valence-electron chi connectivity index (χ0n) is 12.4. The highest BCUT2D eigenvalue weighted by molar-refractivity contribution is 6.30. The molecule has 0 fully saturated rings. The van der Waals surface area contributed by atoms with Crippen molar-refractivity contribution < 1.29 is 9.47 Å². The van der Waals surface area contributed by atoms with Crippen LogP contribution in [-0.4, -0.2) is 13.2 Å². The van der Waals surface area contributed by atoms with Gasteiger partial charge in [-0.2, -0.15) is 0 Å². The van der Waals surface area contributed by atoms with Gasteiger partial charge in [0.25, 0.3) is 0 Å². The summed E-state index contributed by atoms with van der Waals surface area (Å²) in [4.78, 5) is 0. The number of ether oxygens (including phenoxy) is 2. The van der Waals surface area contributed by atoms with Crippen molar-refractivity contribution >= 4 is 11.6 Å². The van der Waals surface area contributed by atoms with Crippen LogP contribution in [0.1, 0.15) is 16.7 Å². The lowest BCUT2D eigenvalue weighted by Crippen LogP contribution is -2.11. The molecule has 2 aromatic rings. The summed E-state index contributed by atoms with van der Waals surface area (Å²) in [7, 11) is 0. The molecule has 21 heavy (non-hydrogen) atoms. The molecular weight excluding hydrogens is 286 g/mol. The van der Waals surface area contributed by atoms with Crippen LogP contribution in [-0.2, 0) is 6.54 Å². The summed E-state index contributed by atoms with van der Waals surface area (Å²) in [5, 5.41) is 0.662. The third kappa shape index (κ3) is 4.13. The molecule has 4 heteroatoms. The predicted octanol–water partition coefficient (Wildman–Crippen LogP) is 3.87. The van der Waals surface area contributed by atoms with Crippen molar-refractivity contribution in [2.45, 2.75) is 20.4 Å². The van der Waals surface area contributed by atoms with E-state index >= 15 is 0 Å². The van der Waals surface area contributed by atoms with Gasteiger partial charge in [0, 0.05) is 17.1 Å². The van der Waals surface area contributed by atoms with E-state index in [-0.39, 0.29) is 0 Å². The average Bonchev–Trinajstić information content (AvgIpc) is 2.48. The van der Waals surface area contributed by atoms with Gasteiger partial charge in [0.1, 0.15) is 24.7 Å². The molecule has 0 radical (unpaired) electrons. The van der Waals surface area contributed by atoms with Gasteiger partial charge in [0.2, 0.25) is 0 Å². The first-order valence-corrected chi connectivity index (χ1v) is 7.30. The minimum absolute atomic E-state index is 0.397. The van der Waals surface area contributed by atoms with E-state index in [9.17, 15) is 0 Å². The lowest BCUT2D eigenvalue weighted by Gasteiger charge is -2.13. The molecule has 0 aliphatic heterocycles. The smallest absolute Gasteiger partial charge is 0.124 e. The monoisotopic (exact) mass is 305 g/mol. The Bertz CT molecular complexity index is 614. The Morgan fingerprint density at radius 2 is 1.71 bits per heavy atom. The lowest BCUT2D eigenvalue weighted by atomic mass is 10.1. The summed E-state index contributed by atoms with van der Waals surface area (Å²) in [6, 6.07) is 11.5. The molecule has 2 aromatic carbocycles. The van der Waals surface area contributed by atoms with E-state index < -0.39 is 0 Å². The second-order valence-electron chi connectivity index (χ2n) is 4.85. The molecule has 0 bridgehead atoms. The second-order valence-corrected chi connectivity index (χ2v) is 5.29. The molecule has 0 amide bonds. The van der Waals surface area contributed by atoms with E-state index in [1.54, 1.807) is 6.07 Å². The Kier molecular flexibility index (Phi) is 5.48. The fourth-order valence-electron chi connectivity index (χ4n) is 2.03. The first-order chi connectivity index (χ1) is 10.1. The van der Waals surface area contributed by atoms with Crippen LogP contribution in [0.5, 0.6) is 11.5 Å². The molecule has 0 unspecified atom stereocenters. The first kappa shape index (κ1) is 15.7. The summed E-state index contributed by atoms with van der Waals surface area (Å²) in [5.41, 5.74) is 8.96. The molecule has 0 saturated heterocycles. The van der Waals surface area contributed by atoms with E-state index in [0.717, 1.165) is 22.6 Å². The first-order valence-electron chi connectivity index (χ1n) is 6.92. The van der Waals surface area contributed by atoms with Crippen molar-refractivity contribution in [2.24, 2.45) is 5.73 Å². The van der Waals surface area contributed by atoms with Crippen LogP contribution in [0, 0.1) is 13.8 Å². The molecular formula is C17H20ClNO2. The molecule has 0 aromatic heterocycles. The third-order valence-corrected chi connectivity index (χ3v) is 3.63. The van der Waals surface area contributed by atoms with Gasteiger partial charge in [-0.3, -0.25) is 0 Å². The van der Waals surface area contributed by atoms with Crippen LogP contribution >= 0.6 is 11.6 Å². The van der Waals surface area contributed by atoms with Crippen molar-refractivity contribution in [3.63, 3.8) is 0 Å². The topological polar surface area (TPSA) is 44.5 Å². The van der Waals surface area contributed by atoms with Crippen LogP contribution < -0.4 is 15.2 Å². The Hall–Kier alpha value is -1.71. The van der Waals surface area contributed by atoms with Gasteiger partial charge < -0.3 is 15.2 Å². The maximum Gasteiger partial charge on any atom is 0.124 e. The number of hydrogen-bond acceptors (Lipinski definition) is 3. The lowest BCUT2D eigenvalue weighted by molar-refractivity contribution is 0.215. The highest BCUT2D eigenvalue weighted by Crippen LogP contribution is 2.23. The summed E-state index contributed by atoms with van der Waals surface area (Å²) < 4.78 is 11.5. The number of nitrogens with two attached hydrogens (primary N) is 1. The minimum atomic E-state index is 0.397.